The Labute approximate surface area is 132 Å². The Bertz CT molecular complexity index is 646. The molecule has 2 aliphatic heterocycles. The molecule has 0 aromatic heterocycles. The molecule has 6 nitrogen and oxygen atoms in total. The van der Waals surface area contributed by atoms with Gasteiger partial charge in [-0.15, -0.1) is 0 Å². The quantitative estimate of drug-likeness (QED) is 0.843. The zero-order chi connectivity index (χ0) is 16.6. The monoisotopic (exact) mass is 320 g/mol. The van der Waals surface area contributed by atoms with Crippen LogP contribution in [0.15, 0.2) is 24.3 Å². The number of carboxylic acid groups (broad SMARTS) is 1. The van der Waals surface area contributed by atoms with Gasteiger partial charge in [0.05, 0.1) is 6.42 Å². The summed E-state index contributed by atoms with van der Waals surface area (Å²) >= 11 is 0. The van der Waals surface area contributed by atoms with E-state index in [0.717, 1.165) is 23.3 Å². The van der Waals surface area contributed by atoms with Gasteiger partial charge in [-0.2, -0.15) is 0 Å². The van der Waals surface area contributed by atoms with Crippen LogP contribution in [0.25, 0.3) is 0 Å². The summed E-state index contributed by atoms with van der Waals surface area (Å²) in [6, 6.07) is 4.57. The van der Waals surface area contributed by atoms with Crippen LogP contribution >= 0.6 is 0 Å². The number of piperidine rings is 1. The lowest BCUT2D eigenvalue weighted by molar-refractivity contribution is -0.158. The van der Waals surface area contributed by atoms with Gasteiger partial charge in [-0.25, -0.2) is 18.9 Å². The second kappa shape index (κ2) is 5.98. The molecule has 2 saturated heterocycles. The Hall–Kier alpha value is -2.44. The number of imide groups is 1. The molecule has 1 aromatic carbocycles. The van der Waals surface area contributed by atoms with E-state index in [9.17, 15) is 18.8 Å². The van der Waals surface area contributed by atoms with E-state index in [1.807, 2.05) is 0 Å². The standard InChI is InChI=1S/C16H17FN2O4/c17-12-5-3-10(4-6-12)11-2-1-7-18(9-11)16(23)19-13(15(21)22)8-14(19)20/h3-6,11,13H,1-2,7-9H2,(H,21,22). The van der Waals surface area contributed by atoms with Gasteiger partial charge in [0.1, 0.15) is 11.9 Å². The van der Waals surface area contributed by atoms with Crippen molar-refractivity contribution in [2.45, 2.75) is 31.2 Å². The molecule has 3 amide bonds. The van der Waals surface area contributed by atoms with Crippen molar-refractivity contribution >= 4 is 17.9 Å². The third-order valence-corrected chi connectivity index (χ3v) is 4.47. The summed E-state index contributed by atoms with van der Waals surface area (Å²) in [5.74, 6) is -1.86. The highest BCUT2D eigenvalue weighted by Crippen LogP contribution is 2.29. The summed E-state index contributed by atoms with van der Waals surface area (Å²) < 4.78 is 13.0. The fraction of sp³-hybridized carbons (Fsp3) is 0.438. The third-order valence-electron chi connectivity index (χ3n) is 4.47. The SMILES string of the molecule is O=C(O)C1CC(=O)N1C(=O)N1CCCC(c2ccc(F)cc2)C1. The van der Waals surface area contributed by atoms with Gasteiger partial charge in [-0.05, 0) is 30.5 Å². The van der Waals surface area contributed by atoms with E-state index in [1.54, 1.807) is 12.1 Å². The van der Waals surface area contributed by atoms with Gasteiger partial charge in [0.2, 0.25) is 5.91 Å². The molecule has 2 fully saturated rings. The highest BCUT2D eigenvalue weighted by molar-refractivity contribution is 6.05. The van der Waals surface area contributed by atoms with Crippen LogP contribution in [-0.4, -0.2) is 51.9 Å². The summed E-state index contributed by atoms with van der Waals surface area (Å²) in [7, 11) is 0. The lowest BCUT2D eigenvalue weighted by Crippen LogP contribution is -2.63. The number of benzene rings is 1. The van der Waals surface area contributed by atoms with Crippen molar-refractivity contribution in [2.75, 3.05) is 13.1 Å². The average Bonchev–Trinajstić information content (AvgIpc) is 2.53. The first kappa shape index (κ1) is 15.5. The zero-order valence-electron chi connectivity index (χ0n) is 12.4. The summed E-state index contributed by atoms with van der Waals surface area (Å²) in [6.45, 7) is 0.896. The highest BCUT2D eigenvalue weighted by Gasteiger charge is 2.47. The molecule has 1 aromatic rings. The molecule has 0 spiro atoms. The van der Waals surface area contributed by atoms with E-state index in [1.165, 1.54) is 17.0 Å². The number of hydrogen-bond acceptors (Lipinski definition) is 3. The summed E-state index contributed by atoms with van der Waals surface area (Å²) in [6.07, 6.45) is 1.50. The van der Waals surface area contributed by atoms with Crippen molar-refractivity contribution < 1.29 is 23.9 Å². The van der Waals surface area contributed by atoms with Crippen LogP contribution in [0, 0.1) is 5.82 Å². The molecule has 23 heavy (non-hydrogen) atoms. The number of carbonyl (C=O) groups is 3. The fourth-order valence-electron chi connectivity index (χ4n) is 3.16. The maximum Gasteiger partial charge on any atom is 0.327 e. The van der Waals surface area contributed by atoms with Crippen LogP contribution < -0.4 is 0 Å². The topological polar surface area (TPSA) is 77.9 Å². The van der Waals surface area contributed by atoms with Gasteiger partial charge in [0.15, 0.2) is 0 Å². The van der Waals surface area contributed by atoms with Crippen molar-refractivity contribution in [1.82, 2.24) is 9.80 Å². The Balaban J connectivity index is 1.71. The van der Waals surface area contributed by atoms with E-state index in [-0.39, 0.29) is 18.2 Å². The molecule has 122 valence electrons. The molecule has 1 N–H and O–H groups in total. The van der Waals surface area contributed by atoms with Crippen molar-refractivity contribution in [2.24, 2.45) is 0 Å². The Morgan fingerprint density at radius 1 is 1.22 bits per heavy atom. The molecule has 3 rings (SSSR count). The molecule has 2 atom stereocenters. The van der Waals surface area contributed by atoms with Crippen LogP contribution in [-0.2, 0) is 9.59 Å². The Morgan fingerprint density at radius 3 is 2.52 bits per heavy atom. The number of likely N-dealkylation sites (tertiary alicyclic amines) is 2. The molecule has 0 bridgehead atoms. The van der Waals surface area contributed by atoms with Gasteiger partial charge in [-0.3, -0.25) is 4.79 Å². The Kier molecular flexibility index (Phi) is 4.02. The minimum atomic E-state index is -1.16. The second-order valence-corrected chi connectivity index (χ2v) is 5.94. The number of urea groups is 1. The number of amides is 3. The highest BCUT2D eigenvalue weighted by atomic mass is 19.1. The van der Waals surface area contributed by atoms with E-state index >= 15 is 0 Å². The molecular formula is C16H17FN2O4. The minimum absolute atomic E-state index is 0.0629. The van der Waals surface area contributed by atoms with Crippen LogP contribution in [0.1, 0.15) is 30.7 Å². The largest absolute Gasteiger partial charge is 0.480 e. The number of hydrogen-bond donors (Lipinski definition) is 1. The second-order valence-electron chi connectivity index (χ2n) is 5.94. The maximum absolute atomic E-state index is 13.0. The molecule has 0 aliphatic carbocycles. The predicted molar refractivity (Wildman–Crippen MR) is 78.2 cm³/mol. The summed E-state index contributed by atoms with van der Waals surface area (Å²) in [4.78, 5) is 37.4. The Morgan fingerprint density at radius 2 is 1.91 bits per heavy atom. The normalized spacial score (nSPS) is 24.3. The fourth-order valence-corrected chi connectivity index (χ4v) is 3.16. The van der Waals surface area contributed by atoms with Gasteiger partial charge in [0, 0.05) is 19.0 Å². The van der Waals surface area contributed by atoms with Crippen LogP contribution in [0.4, 0.5) is 9.18 Å². The van der Waals surface area contributed by atoms with Crippen LogP contribution in [0.2, 0.25) is 0 Å². The van der Waals surface area contributed by atoms with Gasteiger partial charge < -0.3 is 10.0 Å². The van der Waals surface area contributed by atoms with E-state index < -0.39 is 23.9 Å². The number of carboxylic acids is 1. The maximum atomic E-state index is 13.0. The first-order valence-corrected chi connectivity index (χ1v) is 7.56. The molecule has 2 heterocycles. The first-order chi connectivity index (χ1) is 11.0. The molecule has 0 saturated carbocycles. The number of carbonyl (C=O) groups excluding carboxylic acids is 2. The number of nitrogens with zero attached hydrogens (tertiary/aromatic N) is 2. The van der Waals surface area contributed by atoms with Crippen molar-refractivity contribution in [3.63, 3.8) is 0 Å². The van der Waals surface area contributed by atoms with E-state index in [2.05, 4.69) is 0 Å². The van der Waals surface area contributed by atoms with Crippen molar-refractivity contribution in [3.05, 3.63) is 35.6 Å². The predicted octanol–water partition coefficient (Wildman–Crippen LogP) is 1.81. The van der Waals surface area contributed by atoms with Crippen LogP contribution in [0.3, 0.4) is 0 Å². The van der Waals surface area contributed by atoms with Crippen molar-refractivity contribution in [1.29, 1.82) is 0 Å². The lowest BCUT2D eigenvalue weighted by Gasteiger charge is -2.41. The van der Waals surface area contributed by atoms with Gasteiger partial charge in [-0.1, -0.05) is 12.1 Å². The lowest BCUT2D eigenvalue weighted by atomic mass is 9.90. The number of aliphatic carboxylic acids is 1. The number of rotatable bonds is 2. The molecule has 7 heteroatoms. The number of halogens is 1. The molecule has 2 aliphatic rings. The van der Waals surface area contributed by atoms with Crippen molar-refractivity contribution in [3.8, 4) is 0 Å². The van der Waals surface area contributed by atoms with E-state index in [4.69, 9.17) is 5.11 Å². The van der Waals surface area contributed by atoms with E-state index in [0.29, 0.717) is 13.1 Å². The molecule has 2 unspecified atom stereocenters. The third kappa shape index (κ3) is 2.91. The number of β-lactam (4-membered cyclic amide) rings is 1. The molecule has 0 radical (unpaired) electrons. The molecular weight excluding hydrogens is 303 g/mol. The van der Waals surface area contributed by atoms with Crippen LogP contribution in [0.5, 0.6) is 0 Å². The van der Waals surface area contributed by atoms with Gasteiger partial charge >= 0.3 is 12.0 Å². The smallest absolute Gasteiger partial charge is 0.327 e. The summed E-state index contributed by atoms with van der Waals surface area (Å²) in [5, 5.41) is 9.02. The summed E-state index contributed by atoms with van der Waals surface area (Å²) in [5.41, 5.74) is 0.939. The minimum Gasteiger partial charge on any atom is -0.480 e. The van der Waals surface area contributed by atoms with Gasteiger partial charge in [0.25, 0.3) is 0 Å². The zero-order valence-corrected chi connectivity index (χ0v) is 12.4. The first-order valence-electron chi connectivity index (χ1n) is 7.56. The average molecular weight is 320 g/mol.